The summed E-state index contributed by atoms with van der Waals surface area (Å²) in [5.74, 6) is 5.63. The molecular weight excluding hydrogens is 1050 g/mol. The molecule has 4 aromatic carbocycles. The Morgan fingerprint density at radius 3 is 1.30 bits per heavy atom. The van der Waals surface area contributed by atoms with Crippen molar-refractivity contribution >= 4 is 27.0 Å². The Bertz CT molecular complexity index is 2730. The van der Waals surface area contributed by atoms with Crippen LogP contribution in [0.15, 0.2) is 84.9 Å². The normalized spacial score (nSPS) is 27.5. The quantitative estimate of drug-likeness (QED) is 0.0390. The van der Waals surface area contributed by atoms with Crippen LogP contribution in [0.2, 0.25) is 0 Å². The molecule has 0 heterocycles. The number of rotatable bonds is 24. The van der Waals surface area contributed by atoms with Gasteiger partial charge < -0.3 is 38.8 Å². The maximum Gasteiger partial charge on any atom is 0.329 e. The molecule has 440 valence electrons. The molecular formula is C67H92N2O10P2. The number of amides is 2. The van der Waals surface area contributed by atoms with E-state index >= 15 is 0 Å². The molecule has 6 aliphatic carbocycles. The Morgan fingerprint density at radius 1 is 0.519 bits per heavy atom. The summed E-state index contributed by atoms with van der Waals surface area (Å²) in [4.78, 5) is 70.8. The van der Waals surface area contributed by atoms with Gasteiger partial charge in [-0.1, -0.05) is 114 Å². The molecule has 4 N–H and O–H groups in total. The van der Waals surface area contributed by atoms with Crippen molar-refractivity contribution in [3.8, 4) is 11.5 Å². The van der Waals surface area contributed by atoms with Crippen molar-refractivity contribution in [2.45, 2.75) is 212 Å². The van der Waals surface area contributed by atoms with E-state index in [2.05, 4.69) is 73.9 Å². The SMILES string of the molecule is CCCCCC(=O)N(Cc1ccc(CP(=O)(O)O)cc1)[C@H]1CC[C@H]2[C@@H]3CCc4cc(OCCCOc5ccc6c(c5)CC[C@@H]5[C@@H]6CC[C@]6(C)[C@@H](N(Cc7ccc(CP(=O)(O)O)cc7)C(=O)CCCCC)CC[C@@H]56)ccc4[C@H]3CC[C@]12C. The topological polar surface area (TPSA) is 174 Å². The largest absolute Gasteiger partial charge is 0.493 e. The van der Waals surface area contributed by atoms with Gasteiger partial charge in [-0.3, -0.25) is 18.7 Å². The van der Waals surface area contributed by atoms with E-state index in [0.717, 1.165) is 145 Å². The number of unbranched alkanes of at least 4 members (excludes halogenated alkanes) is 4. The van der Waals surface area contributed by atoms with E-state index < -0.39 is 15.2 Å². The molecule has 10 rings (SSSR count). The highest BCUT2D eigenvalue weighted by Gasteiger charge is 2.58. The van der Waals surface area contributed by atoms with Crippen LogP contribution >= 0.6 is 15.2 Å². The second-order valence-electron chi connectivity index (χ2n) is 26.1. The van der Waals surface area contributed by atoms with Crippen LogP contribution in [0.1, 0.15) is 206 Å². The van der Waals surface area contributed by atoms with Crippen molar-refractivity contribution in [2.75, 3.05) is 13.2 Å². The number of ether oxygens (including phenoxy) is 2. The standard InChI is InChI=1S/C67H92N2O10P2/c1-5-7-9-12-64(70)68(42-46-14-18-48(19-15-46)44-80(72,73)74)62-32-30-60-58-26-22-50-40-52(24-28-54(50)56(58)34-36-66(60,62)3)78-38-11-39-79-53-25-29-55-51(41-53)23-27-59-57(55)35-37-67(4)61(59)31-33-63(67)69(65(71)13-10-8-6-2)43-47-16-20-49(21-17-47)45-81(75,76)77/h14-21,24-25,28-29,40-41,56-63H,5-13,22-23,26-27,30-39,42-45H2,1-4H3,(H2,72,73,74)(H2,75,76,77)/t56-,57-,58-,59-,60+,61+,62+,63+,66+,67+/m1/s1. The smallest absolute Gasteiger partial charge is 0.329 e. The van der Waals surface area contributed by atoms with E-state index in [0.29, 0.717) is 85.8 Å². The summed E-state index contributed by atoms with van der Waals surface area (Å²) in [6.45, 7) is 11.5. The van der Waals surface area contributed by atoms with Gasteiger partial charge in [0, 0.05) is 44.4 Å². The van der Waals surface area contributed by atoms with Crippen molar-refractivity contribution in [1.82, 2.24) is 9.80 Å². The zero-order valence-corrected chi connectivity index (χ0v) is 50.6. The Kier molecular flexibility index (Phi) is 18.9. The van der Waals surface area contributed by atoms with Gasteiger partial charge in [0.2, 0.25) is 11.8 Å². The number of benzene rings is 4. The third kappa shape index (κ3) is 13.6. The Balaban J connectivity index is 0.714. The molecule has 0 unspecified atom stereocenters. The third-order valence-corrected chi connectivity index (χ3v) is 22.6. The lowest BCUT2D eigenvalue weighted by Crippen LogP contribution is -2.51. The summed E-state index contributed by atoms with van der Waals surface area (Å²) in [5.41, 5.74) is 9.12. The number of nitrogens with zero attached hydrogens (tertiary/aromatic N) is 2. The van der Waals surface area contributed by atoms with Crippen LogP contribution in [0.4, 0.5) is 0 Å². The Hall–Kier alpha value is -4.28. The fraction of sp³-hybridized carbons (Fsp3) is 0.612. The number of fused-ring (bicyclic) bond motifs is 10. The minimum Gasteiger partial charge on any atom is -0.493 e. The van der Waals surface area contributed by atoms with Crippen LogP contribution in [0.25, 0.3) is 0 Å². The molecule has 10 atom stereocenters. The Labute approximate surface area is 482 Å². The van der Waals surface area contributed by atoms with Crippen LogP contribution in [0.5, 0.6) is 11.5 Å². The van der Waals surface area contributed by atoms with Crippen molar-refractivity contribution in [2.24, 2.45) is 34.5 Å². The first-order valence-corrected chi connectivity index (χ1v) is 34.8. The van der Waals surface area contributed by atoms with Crippen molar-refractivity contribution < 1.29 is 47.8 Å². The second-order valence-corrected chi connectivity index (χ2v) is 29.4. The summed E-state index contributed by atoms with van der Waals surface area (Å²) >= 11 is 0. The van der Waals surface area contributed by atoms with Crippen LogP contribution in [-0.2, 0) is 57.0 Å². The molecule has 4 saturated carbocycles. The molecule has 0 saturated heterocycles. The molecule has 0 spiro atoms. The molecule has 0 radical (unpaired) electrons. The van der Waals surface area contributed by atoms with Gasteiger partial charge in [-0.15, -0.1) is 0 Å². The molecule has 0 aromatic heterocycles. The number of hydrogen-bond acceptors (Lipinski definition) is 6. The van der Waals surface area contributed by atoms with E-state index in [1.54, 1.807) is 24.3 Å². The van der Waals surface area contributed by atoms with Crippen LogP contribution in [0, 0.1) is 34.5 Å². The van der Waals surface area contributed by atoms with E-state index in [4.69, 9.17) is 9.47 Å². The van der Waals surface area contributed by atoms with Gasteiger partial charge in [0.15, 0.2) is 0 Å². The number of aryl methyl sites for hydroxylation is 2. The maximum atomic E-state index is 14.2. The molecule has 6 aliphatic rings. The van der Waals surface area contributed by atoms with Gasteiger partial charge in [0.25, 0.3) is 0 Å². The molecule has 14 heteroatoms. The molecule has 0 aliphatic heterocycles. The van der Waals surface area contributed by atoms with Gasteiger partial charge in [0.05, 0.1) is 25.5 Å². The monoisotopic (exact) mass is 1150 g/mol. The summed E-state index contributed by atoms with van der Waals surface area (Å²) < 4.78 is 36.2. The number of hydrogen-bond donors (Lipinski definition) is 4. The highest BCUT2D eigenvalue weighted by Crippen LogP contribution is 2.64. The van der Waals surface area contributed by atoms with Gasteiger partial charge >= 0.3 is 15.2 Å². The molecule has 81 heavy (non-hydrogen) atoms. The fourth-order valence-corrected chi connectivity index (χ4v) is 18.5. The highest BCUT2D eigenvalue weighted by atomic mass is 31.2. The molecule has 12 nitrogen and oxygen atoms in total. The van der Waals surface area contributed by atoms with Crippen LogP contribution in [-0.4, -0.2) is 66.5 Å². The average Bonchev–Trinajstić information content (AvgIpc) is 2.91. The molecule has 4 aromatic rings. The summed E-state index contributed by atoms with van der Waals surface area (Å²) in [6.07, 6.45) is 20.4. The third-order valence-electron chi connectivity index (χ3n) is 21.0. The first kappa shape index (κ1) is 59.9. The van der Waals surface area contributed by atoms with Crippen molar-refractivity contribution in [3.63, 3.8) is 0 Å². The maximum absolute atomic E-state index is 14.2. The number of carbonyl (C=O) groups is 2. The second kappa shape index (κ2) is 25.5. The van der Waals surface area contributed by atoms with Crippen molar-refractivity contribution in [1.29, 1.82) is 0 Å². The van der Waals surface area contributed by atoms with Gasteiger partial charge in [0.1, 0.15) is 11.5 Å². The number of carbonyl (C=O) groups excluding carboxylic acids is 2. The van der Waals surface area contributed by atoms with Gasteiger partial charge in [-0.05, 0) is 205 Å². The predicted molar refractivity (Wildman–Crippen MR) is 319 cm³/mol. The molecule has 2 amide bonds. The van der Waals surface area contributed by atoms with Crippen molar-refractivity contribution in [3.05, 3.63) is 129 Å². The lowest BCUT2D eigenvalue weighted by Gasteiger charge is -2.52. The van der Waals surface area contributed by atoms with Crippen LogP contribution in [0.3, 0.4) is 0 Å². The first-order valence-electron chi connectivity index (χ1n) is 31.2. The average molecular weight is 1150 g/mol. The van der Waals surface area contributed by atoms with Crippen LogP contribution < -0.4 is 9.47 Å². The zero-order chi connectivity index (χ0) is 57.1. The summed E-state index contributed by atoms with van der Waals surface area (Å²) in [5, 5.41) is 0. The van der Waals surface area contributed by atoms with Gasteiger partial charge in [-0.25, -0.2) is 0 Å². The molecule has 0 bridgehead atoms. The zero-order valence-electron chi connectivity index (χ0n) is 48.8. The Morgan fingerprint density at radius 2 is 0.914 bits per heavy atom. The van der Waals surface area contributed by atoms with E-state index in [1.165, 1.54) is 22.3 Å². The van der Waals surface area contributed by atoms with E-state index in [1.807, 2.05) is 24.3 Å². The van der Waals surface area contributed by atoms with Gasteiger partial charge in [-0.2, -0.15) is 0 Å². The lowest BCUT2D eigenvalue weighted by atomic mass is 9.55. The van der Waals surface area contributed by atoms with E-state index in [-0.39, 0.29) is 47.1 Å². The fourth-order valence-electron chi connectivity index (χ4n) is 17.2. The summed E-state index contributed by atoms with van der Waals surface area (Å²) in [7, 11) is -8.33. The minimum absolute atomic E-state index is 0.0345. The predicted octanol–water partition coefficient (Wildman–Crippen LogP) is 14.6. The minimum atomic E-state index is -4.17. The first-order chi connectivity index (χ1) is 38.8. The highest BCUT2D eigenvalue weighted by molar-refractivity contribution is 7.51. The summed E-state index contributed by atoms with van der Waals surface area (Å²) in [6, 6.07) is 28.9. The molecule has 4 fully saturated rings. The van der Waals surface area contributed by atoms with E-state index in [9.17, 15) is 38.3 Å². The lowest BCUT2D eigenvalue weighted by molar-refractivity contribution is -0.139.